The summed E-state index contributed by atoms with van der Waals surface area (Å²) in [6.45, 7) is 3.60. The minimum absolute atomic E-state index is 0.324. The molecule has 1 rings (SSSR count). The lowest BCUT2D eigenvalue weighted by atomic mass is 10.1. The maximum Gasteiger partial charge on any atom is 0.402 e. The molecular formula is C13H18F3NS. The first-order valence-electron chi connectivity index (χ1n) is 5.84. The number of rotatable bonds is 5. The molecule has 0 saturated carbocycles. The van der Waals surface area contributed by atoms with E-state index in [9.17, 15) is 13.2 Å². The van der Waals surface area contributed by atoms with Gasteiger partial charge in [-0.25, -0.2) is 0 Å². The smallest absolute Gasteiger partial charge is 0.326 e. The molecule has 5 heteroatoms. The van der Waals surface area contributed by atoms with Gasteiger partial charge >= 0.3 is 6.18 Å². The Kier molecular flexibility index (Phi) is 5.53. The van der Waals surface area contributed by atoms with Crippen molar-refractivity contribution >= 4 is 11.8 Å². The third-order valence-electron chi connectivity index (χ3n) is 2.69. The van der Waals surface area contributed by atoms with Crippen LogP contribution < -0.4 is 5.73 Å². The van der Waals surface area contributed by atoms with E-state index in [4.69, 9.17) is 5.73 Å². The summed E-state index contributed by atoms with van der Waals surface area (Å²) in [4.78, 5) is 0. The average molecular weight is 277 g/mol. The molecule has 0 aliphatic carbocycles. The fourth-order valence-electron chi connectivity index (χ4n) is 1.66. The predicted octanol–water partition coefficient (Wildman–Crippen LogP) is 3.90. The highest BCUT2D eigenvalue weighted by atomic mass is 32.2. The van der Waals surface area contributed by atoms with Crippen molar-refractivity contribution in [3.8, 4) is 0 Å². The zero-order chi connectivity index (χ0) is 13.8. The molecule has 2 unspecified atom stereocenters. The molecule has 2 N–H and O–H groups in total. The van der Waals surface area contributed by atoms with Gasteiger partial charge in [0.05, 0.1) is 0 Å². The molecule has 0 radical (unpaired) electrons. The molecule has 1 nitrogen and oxygen atoms in total. The van der Waals surface area contributed by atoms with Crippen LogP contribution in [0.1, 0.15) is 24.5 Å². The number of hydrogen-bond donors (Lipinski definition) is 1. The van der Waals surface area contributed by atoms with Gasteiger partial charge < -0.3 is 5.73 Å². The predicted molar refractivity (Wildman–Crippen MR) is 70.6 cm³/mol. The van der Waals surface area contributed by atoms with E-state index in [2.05, 4.69) is 0 Å². The first-order valence-corrected chi connectivity index (χ1v) is 6.89. The van der Waals surface area contributed by atoms with Crippen LogP contribution in [0.25, 0.3) is 0 Å². The highest BCUT2D eigenvalue weighted by Gasteiger charge is 2.43. The van der Waals surface area contributed by atoms with Crippen LogP contribution in [-0.4, -0.2) is 17.5 Å². The molecule has 0 spiro atoms. The van der Waals surface area contributed by atoms with Gasteiger partial charge in [0.15, 0.2) is 0 Å². The maximum absolute atomic E-state index is 12.8. The van der Waals surface area contributed by atoms with Crippen molar-refractivity contribution in [1.82, 2.24) is 0 Å². The number of nitrogens with two attached hydrogens (primary N) is 1. The standard InChI is InChI=1S/C13H18F3NS/c1-3-11(17)12(13(14,15)16)18-8-10-6-4-5-9(2)7-10/h4-7,11-12H,3,8,17H2,1-2H3. The Morgan fingerprint density at radius 3 is 2.50 bits per heavy atom. The summed E-state index contributed by atoms with van der Waals surface area (Å²) in [5.41, 5.74) is 7.51. The van der Waals surface area contributed by atoms with Crippen LogP contribution in [0.4, 0.5) is 13.2 Å². The summed E-state index contributed by atoms with van der Waals surface area (Å²) in [5, 5.41) is -1.50. The van der Waals surface area contributed by atoms with Gasteiger partial charge in [0.2, 0.25) is 0 Å². The quantitative estimate of drug-likeness (QED) is 0.883. The molecular weight excluding hydrogens is 259 g/mol. The van der Waals surface area contributed by atoms with Crippen molar-refractivity contribution in [1.29, 1.82) is 0 Å². The van der Waals surface area contributed by atoms with Gasteiger partial charge in [-0.1, -0.05) is 36.8 Å². The fraction of sp³-hybridized carbons (Fsp3) is 0.538. The van der Waals surface area contributed by atoms with Gasteiger partial charge in [0, 0.05) is 11.8 Å². The normalized spacial score (nSPS) is 15.4. The zero-order valence-corrected chi connectivity index (χ0v) is 11.3. The summed E-state index contributed by atoms with van der Waals surface area (Å²) in [6, 6.07) is 6.67. The Hall–Kier alpha value is -0.680. The topological polar surface area (TPSA) is 26.0 Å². The number of halogens is 3. The molecule has 0 bridgehead atoms. The SMILES string of the molecule is CCC(N)C(SCc1cccc(C)c1)C(F)(F)F. The van der Waals surface area contributed by atoms with Crippen LogP contribution in [-0.2, 0) is 5.75 Å². The summed E-state index contributed by atoms with van der Waals surface area (Å²) in [7, 11) is 0. The highest BCUT2D eigenvalue weighted by Crippen LogP contribution is 2.34. The van der Waals surface area contributed by atoms with Crippen LogP contribution in [0.3, 0.4) is 0 Å². The fourth-order valence-corrected chi connectivity index (χ4v) is 2.84. The molecule has 0 aliphatic heterocycles. The third kappa shape index (κ3) is 4.53. The van der Waals surface area contributed by atoms with Crippen molar-refractivity contribution in [2.75, 3.05) is 0 Å². The van der Waals surface area contributed by atoms with Crippen molar-refractivity contribution in [2.45, 2.75) is 43.5 Å². The molecule has 0 saturated heterocycles. The second kappa shape index (κ2) is 6.48. The van der Waals surface area contributed by atoms with Crippen LogP contribution in [0.5, 0.6) is 0 Å². The van der Waals surface area contributed by atoms with Gasteiger partial charge in [0.1, 0.15) is 5.25 Å². The zero-order valence-electron chi connectivity index (χ0n) is 10.5. The van der Waals surface area contributed by atoms with E-state index in [1.165, 1.54) is 0 Å². The molecule has 0 amide bonds. The molecule has 0 heterocycles. The minimum Gasteiger partial charge on any atom is -0.326 e. The van der Waals surface area contributed by atoms with E-state index < -0.39 is 17.5 Å². The maximum atomic E-state index is 12.8. The van der Waals surface area contributed by atoms with E-state index in [1.54, 1.807) is 6.92 Å². The molecule has 0 aliphatic rings. The monoisotopic (exact) mass is 277 g/mol. The Morgan fingerprint density at radius 1 is 1.33 bits per heavy atom. The summed E-state index contributed by atoms with van der Waals surface area (Å²) in [5.74, 6) is 0.333. The Balaban J connectivity index is 2.68. The number of benzene rings is 1. The highest BCUT2D eigenvalue weighted by molar-refractivity contribution is 7.99. The first kappa shape index (κ1) is 15.4. The van der Waals surface area contributed by atoms with Crippen molar-refractivity contribution in [2.24, 2.45) is 5.73 Å². The van der Waals surface area contributed by atoms with E-state index in [-0.39, 0.29) is 0 Å². The van der Waals surface area contributed by atoms with Gasteiger partial charge in [-0.05, 0) is 18.9 Å². The Labute approximate surface area is 110 Å². The van der Waals surface area contributed by atoms with E-state index in [0.717, 1.165) is 22.9 Å². The lowest BCUT2D eigenvalue weighted by Gasteiger charge is -2.25. The Morgan fingerprint density at radius 2 is 2.00 bits per heavy atom. The van der Waals surface area contributed by atoms with Crippen molar-refractivity contribution < 1.29 is 13.2 Å². The van der Waals surface area contributed by atoms with Gasteiger partial charge in [-0.2, -0.15) is 13.2 Å². The molecule has 2 atom stereocenters. The van der Waals surface area contributed by atoms with Crippen LogP contribution in [0.15, 0.2) is 24.3 Å². The van der Waals surface area contributed by atoms with Crippen molar-refractivity contribution in [3.63, 3.8) is 0 Å². The summed E-state index contributed by atoms with van der Waals surface area (Å²) < 4.78 is 38.5. The van der Waals surface area contributed by atoms with E-state index in [1.807, 2.05) is 31.2 Å². The second-order valence-electron chi connectivity index (χ2n) is 4.33. The van der Waals surface area contributed by atoms with Gasteiger partial charge in [0.25, 0.3) is 0 Å². The lowest BCUT2D eigenvalue weighted by Crippen LogP contribution is -2.42. The van der Waals surface area contributed by atoms with Crippen LogP contribution >= 0.6 is 11.8 Å². The number of aryl methyl sites for hydroxylation is 1. The van der Waals surface area contributed by atoms with Crippen molar-refractivity contribution in [3.05, 3.63) is 35.4 Å². The van der Waals surface area contributed by atoms with Crippen LogP contribution in [0, 0.1) is 6.92 Å². The molecule has 0 aromatic heterocycles. The Bertz CT molecular complexity index is 379. The summed E-state index contributed by atoms with van der Waals surface area (Å²) in [6.07, 6.45) is -3.92. The van der Waals surface area contributed by atoms with E-state index in [0.29, 0.717) is 12.2 Å². The number of alkyl halides is 3. The molecule has 1 aromatic carbocycles. The third-order valence-corrected chi connectivity index (χ3v) is 4.17. The molecule has 102 valence electrons. The minimum atomic E-state index is -4.25. The van der Waals surface area contributed by atoms with E-state index >= 15 is 0 Å². The summed E-state index contributed by atoms with van der Waals surface area (Å²) >= 11 is 0.873. The van der Waals surface area contributed by atoms with Crippen LogP contribution in [0.2, 0.25) is 0 Å². The largest absolute Gasteiger partial charge is 0.402 e. The number of thioether (sulfide) groups is 1. The molecule has 18 heavy (non-hydrogen) atoms. The second-order valence-corrected chi connectivity index (χ2v) is 5.46. The average Bonchev–Trinajstić information content (AvgIpc) is 2.27. The van der Waals surface area contributed by atoms with Gasteiger partial charge in [-0.15, -0.1) is 11.8 Å². The van der Waals surface area contributed by atoms with Gasteiger partial charge in [-0.3, -0.25) is 0 Å². The first-order chi connectivity index (χ1) is 8.34. The number of hydrogen-bond acceptors (Lipinski definition) is 2. The molecule has 1 aromatic rings. The lowest BCUT2D eigenvalue weighted by molar-refractivity contribution is -0.132. The molecule has 0 fully saturated rings.